The molecule has 4 heterocycles. The summed E-state index contributed by atoms with van der Waals surface area (Å²) in [7, 11) is 1.67. The molecule has 4 atom stereocenters. The van der Waals surface area contributed by atoms with Gasteiger partial charge in [-0.05, 0) is 39.2 Å². The number of hydrogen-bond donors (Lipinski definition) is 3. The van der Waals surface area contributed by atoms with Crippen LogP contribution in [0.5, 0.6) is 0 Å². The van der Waals surface area contributed by atoms with Crippen molar-refractivity contribution in [2.45, 2.75) is 51.0 Å². The average Bonchev–Trinajstić information content (AvgIpc) is 3.10. The van der Waals surface area contributed by atoms with Crippen LogP contribution in [-0.2, 0) is 7.05 Å². The molecule has 0 aromatic carbocycles. The van der Waals surface area contributed by atoms with Crippen molar-refractivity contribution in [1.82, 2.24) is 19.8 Å². The Kier molecular flexibility index (Phi) is 6.56. The van der Waals surface area contributed by atoms with Crippen molar-refractivity contribution < 1.29 is 0 Å². The van der Waals surface area contributed by atoms with E-state index in [9.17, 15) is 14.9 Å². The molecule has 1 aromatic rings. The van der Waals surface area contributed by atoms with E-state index >= 15 is 0 Å². The van der Waals surface area contributed by atoms with Crippen molar-refractivity contribution >= 4 is 11.5 Å². The van der Waals surface area contributed by atoms with Gasteiger partial charge in [-0.2, -0.15) is 5.26 Å². The summed E-state index contributed by atoms with van der Waals surface area (Å²) in [6, 6.07) is 2.43. The van der Waals surface area contributed by atoms with Crippen molar-refractivity contribution in [3.63, 3.8) is 0 Å². The fourth-order valence-corrected chi connectivity index (χ4v) is 5.24. The number of nitrogens with two attached hydrogens (primary N) is 1. The van der Waals surface area contributed by atoms with E-state index < -0.39 is 11.2 Å². The third-order valence-electron chi connectivity index (χ3n) is 6.77. The van der Waals surface area contributed by atoms with E-state index in [-0.39, 0.29) is 24.3 Å². The van der Waals surface area contributed by atoms with Gasteiger partial charge < -0.3 is 20.9 Å². The summed E-state index contributed by atoms with van der Waals surface area (Å²) in [6.07, 6.45) is 3.44. The average molecular weight is 441 g/mol. The Bertz CT molecular complexity index is 1060. The maximum atomic E-state index is 13.0. The van der Waals surface area contributed by atoms with E-state index in [0.29, 0.717) is 31.1 Å². The normalized spacial score (nSPS) is 28.1. The highest BCUT2D eigenvalue weighted by Gasteiger charge is 2.45. The Morgan fingerprint density at radius 3 is 2.75 bits per heavy atom. The second kappa shape index (κ2) is 9.37. The van der Waals surface area contributed by atoms with E-state index in [1.807, 2.05) is 4.90 Å². The van der Waals surface area contributed by atoms with Gasteiger partial charge in [0.15, 0.2) is 6.29 Å². The SMILES string of the molecule is CC#CCN1c2c(n(C)c(=O)[nH]c2=O)N(CC2NCCCC2C#N)C1N1CCC[C@@H](N)C1. The highest BCUT2D eigenvalue weighted by Crippen LogP contribution is 2.38. The van der Waals surface area contributed by atoms with Crippen LogP contribution >= 0.6 is 0 Å². The van der Waals surface area contributed by atoms with Gasteiger partial charge in [0.2, 0.25) is 0 Å². The zero-order valence-corrected chi connectivity index (χ0v) is 18.8. The minimum atomic E-state index is -0.454. The van der Waals surface area contributed by atoms with E-state index in [2.05, 4.69) is 38.0 Å². The maximum Gasteiger partial charge on any atom is 0.329 e. The Morgan fingerprint density at radius 1 is 1.22 bits per heavy atom. The second-order valence-corrected chi connectivity index (χ2v) is 8.88. The molecule has 3 aliphatic rings. The lowest BCUT2D eigenvalue weighted by molar-refractivity contribution is 0.142. The van der Waals surface area contributed by atoms with Gasteiger partial charge in [-0.25, -0.2) is 4.79 Å². The van der Waals surface area contributed by atoms with Crippen LogP contribution in [0.25, 0.3) is 0 Å². The second-order valence-electron chi connectivity index (χ2n) is 8.88. The third-order valence-corrected chi connectivity index (χ3v) is 6.77. The number of piperidine rings is 2. The van der Waals surface area contributed by atoms with Gasteiger partial charge >= 0.3 is 5.69 Å². The fraction of sp³-hybridized carbons (Fsp3) is 0.682. The smallest absolute Gasteiger partial charge is 0.327 e. The summed E-state index contributed by atoms with van der Waals surface area (Å²) in [5, 5.41) is 13.2. The summed E-state index contributed by atoms with van der Waals surface area (Å²) < 4.78 is 1.50. The van der Waals surface area contributed by atoms with Crippen LogP contribution in [0.1, 0.15) is 32.6 Å². The predicted octanol–water partition coefficient (Wildman–Crippen LogP) is -0.678. The molecule has 0 amide bonds. The molecule has 32 heavy (non-hydrogen) atoms. The molecule has 4 N–H and O–H groups in total. The molecule has 0 spiro atoms. The van der Waals surface area contributed by atoms with Gasteiger partial charge in [0.1, 0.15) is 11.5 Å². The molecule has 0 bridgehead atoms. The van der Waals surface area contributed by atoms with Crippen LogP contribution in [0, 0.1) is 29.1 Å². The predicted molar refractivity (Wildman–Crippen MR) is 123 cm³/mol. The van der Waals surface area contributed by atoms with E-state index in [0.717, 1.165) is 38.8 Å². The Morgan fingerprint density at radius 2 is 2.03 bits per heavy atom. The lowest BCUT2D eigenvalue weighted by Gasteiger charge is -2.44. The summed E-state index contributed by atoms with van der Waals surface area (Å²) in [4.78, 5) is 34.4. The highest BCUT2D eigenvalue weighted by atomic mass is 16.2. The number of hydrogen-bond acceptors (Lipinski definition) is 8. The molecule has 4 rings (SSSR count). The van der Waals surface area contributed by atoms with Gasteiger partial charge in [-0.3, -0.25) is 19.2 Å². The Hall–Kier alpha value is -2.79. The first kappa shape index (κ1) is 22.4. The number of nitriles is 1. The zero-order chi connectivity index (χ0) is 22.8. The largest absolute Gasteiger partial charge is 0.329 e. The van der Waals surface area contributed by atoms with Crippen LogP contribution in [-0.4, -0.2) is 65.5 Å². The fourth-order valence-electron chi connectivity index (χ4n) is 5.24. The lowest BCUT2D eigenvalue weighted by Crippen LogP contribution is -2.62. The molecule has 0 radical (unpaired) electrons. The number of fused-ring (bicyclic) bond motifs is 1. The van der Waals surface area contributed by atoms with Crippen molar-refractivity contribution in [2.24, 2.45) is 18.7 Å². The van der Waals surface area contributed by atoms with E-state index in [1.54, 1.807) is 14.0 Å². The summed E-state index contributed by atoms with van der Waals surface area (Å²) >= 11 is 0. The molecule has 2 fully saturated rings. The molecule has 2 saturated heterocycles. The molecule has 10 heteroatoms. The van der Waals surface area contributed by atoms with Crippen LogP contribution in [0.15, 0.2) is 9.59 Å². The maximum absolute atomic E-state index is 13.0. The van der Waals surface area contributed by atoms with Gasteiger partial charge in [-0.15, -0.1) is 5.92 Å². The van der Waals surface area contributed by atoms with Crippen LogP contribution in [0.2, 0.25) is 0 Å². The minimum Gasteiger partial charge on any atom is -0.327 e. The molecule has 0 aliphatic carbocycles. The number of anilines is 2. The topological polar surface area (TPSA) is 126 Å². The molecule has 3 aliphatic heterocycles. The number of H-pyrrole nitrogens is 1. The zero-order valence-electron chi connectivity index (χ0n) is 18.8. The Labute approximate surface area is 188 Å². The first-order valence-electron chi connectivity index (χ1n) is 11.3. The molecule has 1 aromatic heterocycles. The monoisotopic (exact) mass is 440 g/mol. The van der Waals surface area contributed by atoms with Crippen molar-refractivity contribution in [3.05, 3.63) is 20.8 Å². The first-order chi connectivity index (χ1) is 15.5. The van der Waals surface area contributed by atoms with Crippen molar-refractivity contribution in [1.29, 1.82) is 5.26 Å². The van der Waals surface area contributed by atoms with Crippen LogP contribution < -0.4 is 32.1 Å². The van der Waals surface area contributed by atoms with Crippen molar-refractivity contribution in [3.8, 4) is 17.9 Å². The minimum absolute atomic E-state index is 0.0511. The molecule has 0 saturated carbocycles. The van der Waals surface area contributed by atoms with Crippen LogP contribution in [0.4, 0.5) is 11.5 Å². The molecule has 3 unspecified atom stereocenters. The van der Waals surface area contributed by atoms with Gasteiger partial charge in [-0.1, -0.05) is 5.92 Å². The number of aromatic amines is 1. The molecular formula is C22H32N8O2. The number of aromatic nitrogens is 2. The Balaban J connectivity index is 1.83. The molecule has 172 valence electrons. The van der Waals surface area contributed by atoms with E-state index in [1.165, 1.54) is 4.57 Å². The number of rotatable bonds is 4. The number of nitrogens with zero attached hydrogens (tertiary/aromatic N) is 5. The third kappa shape index (κ3) is 4.02. The summed E-state index contributed by atoms with van der Waals surface area (Å²) in [5.74, 6) is 6.47. The molecular weight excluding hydrogens is 408 g/mol. The number of nitrogens with one attached hydrogen (secondary N) is 2. The number of likely N-dealkylation sites (tertiary alicyclic amines) is 1. The van der Waals surface area contributed by atoms with Crippen molar-refractivity contribution in [2.75, 3.05) is 42.5 Å². The summed E-state index contributed by atoms with van der Waals surface area (Å²) in [6.45, 7) is 5.02. The lowest BCUT2D eigenvalue weighted by atomic mass is 9.92. The van der Waals surface area contributed by atoms with Gasteiger partial charge in [0, 0.05) is 38.8 Å². The summed E-state index contributed by atoms with van der Waals surface area (Å²) in [5.41, 5.74) is 5.90. The van der Waals surface area contributed by atoms with Crippen LogP contribution in [0.3, 0.4) is 0 Å². The van der Waals surface area contributed by atoms with E-state index in [4.69, 9.17) is 5.73 Å². The highest BCUT2D eigenvalue weighted by molar-refractivity contribution is 5.74. The quantitative estimate of drug-likeness (QED) is 0.526. The van der Waals surface area contributed by atoms with Gasteiger partial charge in [0.05, 0.1) is 18.5 Å². The molecule has 10 nitrogen and oxygen atoms in total. The standard InChI is InChI=1S/C22H32N8O2/c1-3-4-11-29-18-19(31)26-21(32)27(2)20(18)30(14-17-15(12-23)7-5-9-25-17)22(29)28-10-6-8-16(24)13-28/h15-17,22,25H,5-11,13-14,24H2,1-2H3,(H,26,31,32)/t15?,16-,17?,22?/m1/s1. The van der Waals surface area contributed by atoms with Gasteiger partial charge in [0.25, 0.3) is 5.56 Å². The first-order valence-corrected chi connectivity index (χ1v) is 11.3.